The van der Waals surface area contributed by atoms with Gasteiger partial charge in [-0.05, 0) is 95.6 Å². The van der Waals surface area contributed by atoms with E-state index in [0.29, 0.717) is 34.1 Å². The monoisotopic (exact) mass is 572 g/mol. The lowest BCUT2D eigenvalue weighted by molar-refractivity contribution is -0.123. The highest BCUT2D eigenvalue weighted by molar-refractivity contribution is 14.1. The largest absolute Gasteiger partial charge is 0.483 e. The number of hydrazone groups is 1. The number of amides is 1. The van der Waals surface area contributed by atoms with Crippen LogP contribution < -0.4 is 24.4 Å². The number of nitrogens with zero attached hydrogens (tertiary/aromatic N) is 1. The number of fused-ring (bicyclic) bond motifs is 1. The van der Waals surface area contributed by atoms with Crippen molar-refractivity contribution in [2.75, 3.05) is 13.4 Å². The maximum Gasteiger partial charge on any atom is 0.343 e. The number of nitrogens with one attached hydrogen (secondary N) is 1. The molecule has 0 saturated carbocycles. The Labute approximate surface area is 210 Å². The van der Waals surface area contributed by atoms with Crippen molar-refractivity contribution in [1.82, 2.24) is 5.43 Å². The first-order valence-electron chi connectivity index (χ1n) is 10.3. The lowest BCUT2D eigenvalue weighted by atomic mass is 10.1. The Balaban J connectivity index is 1.31. The normalized spacial score (nSPS) is 12.0. The van der Waals surface area contributed by atoms with Gasteiger partial charge in [0.15, 0.2) is 18.1 Å². The molecule has 0 fully saturated rings. The highest BCUT2D eigenvalue weighted by Crippen LogP contribution is 2.32. The van der Waals surface area contributed by atoms with Crippen LogP contribution in [0.5, 0.6) is 23.0 Å². The summed E-state index contributed by atoms with van der Waals surface area (Å²) in [5.41, 5.74) is 5.35. The Morgan fingerprint density at radius 3 is 2.62 bits per heavy atom. The number of halogens is 1. The molecule has 8 nitrogen and oxygen atoms in total. The number of aryl methyl sites for hydroxylation is 2. The van der Waals surface area contributed by atoms with Crippen LogP contribution in [0.4, 0.5) is 0 Å². The molecule has 3 aromatic rings. The Morgan fingerprint density at radius 1 is 1.06 bits per heavy atom. The predicted octanol–water partition coefficient (Wildman–Crippen LogP) is 4.39. The molecule has 0 unspecified atom stereocenters. The van der Waals surface area contributed by atoms with Gasteiger partial charge in [0.2, 0.25) is 6.79 Å². The van der Waals surface area contributed by atoms with E-state index in [1.165, 1.54) is 6.21 Å². The minimum Gasteiger partial charge on any atom is -0.483 e. The number of hydrogen-bond donors (Lipinski definition) is 1. The van der Waals surface area contributed by atoms with Crippen molar-refractivity contribution < 1.29 is 28.5 Å². The molecule has 174 valence electrons. The molecule has 34 heavy (non-hydrogen) atoms. The summed E-state index contributed by atoms with van der Waals surface area (Å²) < 4.78 is 22.7. The van der Waals surface area contributed by atoms with Crippen LogP contribution in [0.1, 0.15) is 27.0 Å². The third-order valence-corrected chi connectivity index (χ3v) is 5.48. The van der Waals surface area contributed by atoms with E-state index >= 15 is 0 Å². The Hall–Kier alpha value is -3.60. The lowest BCUT2D eigenvalue weighted by Gasteiger charge is -2.11. The maximum atomic E-state index is 12.5. The van der Waals surface area contributed by atoms with Gasteiger partial charge in [-0.25, -0.2) is 10.2 Å². The van der Waals surface area contributed by atoms with Crippen molar-refractivity contribution in [3.8, 4) is 23.0 Å². The van der Waals surface area contributed by atoms with Crippen LogP contribution >= 0.6 is 22.6 Å². The molecule has 1 amide bonds. The summed E-state index contributed by atoms with van der Waals surface area (Å²) in [7, 11) is 0. The number of hydrogen-bond acceptors (Lipinski definition) is 7. The molecule has 0 aliphatic carbocycles. The van der Waals surface area contributed by atoms with Crippen LogP contribution in [-0.2, 0) is 4.79 Å². The first-order chi connectivity index (χ1) is 16.4. The smallest absolute Gasteiger partial charge is 0.343 e. The summed E-state index contributed by atoms with van der Waals surface area (Å²) in [6, 6.07) is 15.6. The first kappa shape index (κ1) is 23.6. The summed E-state index contributed by atoms with van der Waals surface area (Å²) >= 11 is 2.24. The van der Waals surface area contributed by atoms with Crippen LogP contribution in [0.3, 0.4) is 0 Å². The van der Waals surface area contributed by atoms with E-state index < -0.39 is 5.97 Å². The van der Waals surface area contributed by atoms with Crippen molar-refractivity contribution in [2.45, 2.75) is 13.8 Å². The van der Waals surface area contributed by atoms with Gasteiger partial charge in [-0.3, -0.25) is 4.79 Å². The average molecular weight is 572 g/mol. The van der Waals surface area contributed by atoms with Gasteiger partial charge < -0.3 is 18.9 Å². The molecule has 1 aliphatic rings. The molecule has 4 rings (SSSR count). The lowest BCUT2D eigenvalue weighted by Crippen LogP contribution is -2.25. The fraction of sp³-hybridized carbons (Fsp3) is 0.160. The molecule has 1 N–H and O–H groups in total. The Kier molecular flexibility index (Phi) is 7.31. The molecule has 0 atom stereocenters. The molecule has 0 spiro atoms. The Bertz CT molecular complexity index is 1250. The Morgan fingerprint density at radius 2 is 1.82 bits per heavy atom. The van der Waals surface area contributed by atoms with E-state index in [2.05, 4.69) is 33.1 Å². The highest BCUT2D eigenvalue weighted by atomic mass is 127. The second-order valence-electron chi connectivity index (χ2n) is 7.48. The van der Waals surface area contributed by atoms with Gasteiger partial charge in [0.25, 0.3) is 5.91 Å². The van der Waals surface area contributed by atoms with E-state index in [1.807, 2.05) is 26.0 Å². The van der Waals surface area contributed by atoms with Gasteiger partial charge in [-0.2, -0.15) is 5.10 Å². The van der Waals surface area contributed by atoms with Crippen LogP contribution in [0, 0.1) is 17.4 Å². The van der Waals surface area contributed by atoms with Crippen molar-refractivity contribution in [1.29, 1.82) is 0 Å². The van der Waals surface area contributed by atoms with Crippen molar-refractivity contribution in [2.24, 2.45) is 5.10 Å². The number of carbonyl (C=O) groups is 2. The standard InChI is InChI=1S/C25H21IN2O6/c1-15-8-19(26)9-16(2)24(15)31-13-23(29)28-27-12-17-4-3-5-20(10-17)34-25(30)18-6-7-21-22(11-18)33-14-32-21/h3-12H,13-14H2,1-2H3,(H,28,29)/b27-12+. The predicted molar refractivity (Wildman–Crippen MR) is 134 cm³/mol. The SMILES string of the molecule is Cc1cc(I)cc(C)c1OCC(=O)N/N=C/c1cccc(OC(=O)c2ccc3c(c2)OCO3)c1. The maximum absolute atomic E-state index is 12.5. The minimum atomic E-state index is -0.529. The molecule has 3 aromatic carbocycles. The van der Waals surface area contributed by atoms with Gasteiger partial charge in [0, 0.05) is 3.57 Å². The summed E-state index contributed by atoms with van der Waals surface area (Å²) in [4.78, 5) is 24.6. The first-order valence-corrected chi connectivity index (χ1v) is 11.4. The van der Waals surface area contributed by atoms with Crippen LogP contribution in [0.15, 0.2) is 59.7 Å². The fourth-order valence-electron chi connectivity index (χ4n) is 3.32. The van der Waals surface area contributed by atoms with Crippen LogP contribution in [0.2, 0.25) is 0 Å². The van der Waals surface area contributed by atoms with Crippen LogP contribution in [-0.4, -0.2) is 31.5 Å². The summed E-state index contributed by atoms with van der Waals surface area (Å²) in [5.74, 6) is 1.20. The second kappa shape index (κ2) is 10.6. The topological polar surface area (TPSA) is 95.5 Å². The zero-order chi connectivity index (χ0) is 24.1. The second-order valence-corrected chi connectivity index (χ2v) is 8.73. The minimum absolute atomic E-state index is 0.128. The van der Waals surface area contributed by atoms with Gasteiger partial charge >= 0.3 is 5.97 Å². The number of esters is 1. The number of carbonyl (C=O) groups excluding carboxylic acids is 2. The van der Waals surface area contributed by atoms with E-state index in [1.54, 1.807) is 42.5 Å². The quantitative estimate of drug-likeness (QED) is 0.149. The summed E-state index contributed by atoms with van der Waals surface area (Å²) in [5, 5.41) is 3.95. The van der Waals surface area contributed by atoms with Crippen molar-refractivity contribution in [3.63, 3.8) is 0 Å². The van der Waals surface area contributed by atoms with E-state index in [4.69, 9.17) is 18.9 Å². The molecular formula is C25H21IN2O6. The molecule has 9 heteroatoms. The zero-order valence-corrected chi connectivity index (χ0v) is 20.6. The van der Waals surface area contributed by atoms with E-state index in [0.717, 1.165) is 14.7 Å². The molecule has 1 aliphatic heterocycles. The number of benzene rings is 3. The molecule has 0 saturated heterocycles. The third kappa shape index (κ3) is 5.84. The zero-order valence-electron chi connectivity index (χ0n) is 18.5. The van der Waals surface area contributed by atoms with Crippen LogP contribution in [0.25, 0.3) is 0 Å². The van der Waals surface area contributed by atoms with Gasteiger partial charge in [-0.15, -0.1) is 0 Å². The molecule has 0 bridgehead atoms. The van der Waals surface area contributed by atoms with E-state index in [9.17, 15) is 9.59 Å². The highest BCUT2D eigenvalue weighted by Gasteiger charge is 2.17. The van der Waals surface area contributed by atoms with Gasteiger partial charge in [-0.1, -0.05) is 12.1 Å². The van der Waals surface area contributed by atoms with E-state index in [-0.39, 0.29) is 19.3 Å². The number of ether oxygens (including phenoxy) is 4. The number of rotatable bonds is 7. The fourth-order valence-corrected chi connectivity index (χ4v) is 4.26. The van der Waals surface area contributed by atoms with Crippen molar-refractivity contribution in [3.05, 3.63) is 80.4 Å². The average Bonchev–Trinajstić information content (AvgIpc) is 3.26. The van der Waals surface area contributed by atoms with Gasteiger partial charge in [0.05, 0.1) is 11.8 Å². The summed E-state index contributed by atoms with van der Waals surface area (Å²) in [6.45, 7) is 3.84. The summed E-state index contributed by atoms with van der Waals surface area (Å²) in [6.07, 6.45) is 1.46. The molecular weight excluding hydrogens is 551 g/mol. The molecule has 1 heterocycles. The third-order valence-electron chi connectivity index (χ3n) is 4.85. The molecule has 0 radical (unpaired) electrons. The molecule has 0 aromatic heterocycles. The van der Waals surface area contributed by atoms with Crippen molar-refractivity contribution >= 4 is 40.7 Å². The van der Waals surface area contributed by atoms with Gasteiger partial charge in [0.1, 0.15) is 11.5 Å².